The minimum absolute atomic E-state index is 0.0209. The van der Waals surface area contributed by atoms with E-state index in [0.717, 1.165) is 6.42 Å². The number of hydrogen-bond donors (Lipinski definition) is 2. The van der Waals surface area contributed by atoms with Crippen LogP contribution in [0.4, 0.5) is 0 Å². The molecule has 3 heterocycles. The summed E-state index contributed by atoms with van der Waals surface area (Å²) in [5, 5.41) is 20.3. The highest BCUT2D eigenvalue weighted by molar-refractivity contribution is 8.02. The molecule has 0 aromatic carbocycles. The maximum absolute atomic E-state index is 14.0. The zero-order valence-electron chi connectivity index (χ0n) is 19.2. The van der Waals surface area contributed by atoms with Crippen LogP contribution in [-0.2, 0) is 14.4 Å². The van der Waals surface area contributed by atoms with Crippen molar-refractivity contribution in [3.05, 3.63) is 12.7 Å². The quantitative estimate of drug-likeness (QED) is 0.521. The molecular formula is C23H36N2O5S. The Labute approximate surface area is 189 Å². The number of rotatable bonds is 9. The standard InChI is InChI=1S/C23H36N2O5S/c1-7-11-24(13(3)4)20(28)18-23-10-9-22(6,31-23)17(21(29)30)16(23)19(27)25(18)15(12-26)14(5)8-2/h7,13-18,26H,1,8-12H2,2-6H3,(H,29,30)/t14-,15-,16-,17-,18?,22+,23?/m0/s1. The first-order valence-electron chi connectivity index (χ1n) is 11.3. The minimum Gasteiger partial charge on any atom is -0.481 e. The smallest absolute Gasteiger partial charge is 0.308 e. The monoisotopic (exact) mass is 452 g/mol. The molecule has 2 amide bonds. The molecular weight excluding hydrogens is 416 g/mol. The molecule has 0 saturated carbocycles. The third-order valence-corrected chi connectivity index (χ3v) is 9.78. The van der Waals surface area contributed by atoms with E-state index in [4.69, 9.17) is 0 Å². The highest BCUT2D eigenvalue weighted by Gasteiger charge is 2.78. The Morgan fingerprint density at radius 2 is 2.00 bits per heavy atom. The van der Waals surface area contributed by atoms with Crippen molar-refractivity contribution in [1.82, 2.24) is 9.80 Å². The fourth-order valence-electron chi connectivity index (χ4n) is 6.04. The molecule has 3 aliphatic heterocycles. The number of carboxylic acid groups (broad SMARTS) is 1. The average Bonchev–Trinajstić information content (AvgIpc) is 3.27. The number of thioether (sulfide) groups is 1. The third kappa shape index (κ3) is 3.41. The van der Waals surface area contributed by atoms with Crippen molar-refractivity contribution >= 4 is 29.5 Å². The molecule has 174 valence electrons. The normalized spacial score (nSPS) is 35.9. The molecule has 7 nitrogen and oxygen atoms in total. The van der Waals surface area contributed by atoms with Crippen molar-refractivity contribution in [1.29, 1.82) is 0 Å². The summed E-state index contributed by atoms with van der Waals surface area (Å²) in [5.74, 6) is -3.04. The van der Waals surface area contributed by atoms with Gasteiger partial charge in [0.1, 0.15) is 6.04 Å². The van der Waals surface area contributed by atoms with E-state index < -0.39 is 39.4 Å². The molecule has 3 saturated heterocycles. The van der Waals surface area contributed by atoms with Crippen molar-refractivity contribution < 1.29 is 24.6 Å². The second-order valence-electron chi connectivity index (χ2n) is 9.82. The molecule has 0 aromatic rings. The number of carboxylic acids is 1. The first kappa shape index (κ1) is 24.1. The summed E-state index contributed by atoms with van der Waals surface area (Å²) >= 11 is 1.53. The van der Waals surface area contributed by atoms with E-state index in [1.54, 1.807) is 15.9 Å². The van der Waals surface area contributed by atoms with Gasteiger partial charge in [0.05, 0.1) is 29.2 Å². The summed E-state index contributed by atoms with van der Waals surface area (Å²) in [6.07, 6.45) is 3.69. The van der Waals surface area contributed by atoms with Gasteiger partial charge in [-0.3, -0.25) is 14.4 Å². The molecule has 3 fully saturated rings. The van der Waals surface area contributed by atoms with Gasteiger partial charge in [-0.25, -0.2) is 0 Å². The van der Waals surface area contributed by atoms with Gasteiger partial charge < -0.3 is 20.0 Å². The lowest BCUT2D eigenvalue weighted by molar-refractivity contribution is -0.151. The van der Waals surface area contributed by atoms with Crippen molar-refractivity contribution in [3.63, 3.8) is 0 Å². The van der Waals surface area contributed by atoms with Gasteiger partial charge in [-0.15, -0.1) is 18.3 Å². The van der Waals surface area contributed by atoms with Gasteiger partial charge in [0.2, 0.25) is 11.8 Å². The van der Waals surface area contributed by atoms with Crippen LogP contribution in [0.25, 0.3) is 0 Å². The first-order chi connectivity index (χ1) is 14.5. The Balaban J connectivity index is 2.17. The number of carbonyl (C=O) groups is 3. The Bertz CT molecular complexity index is 773. The summed E-state index contributed by atoms with van der Waals surface area (Å²) < 4.78 is -1.34. The number of aliphatic hydroxyl groups is 1. The SMILES string of the molecule is C=CCN(C(=O)C1N([C@@H](CO)[C@@H](C)CC)C(=O)[C@@H]2[C@@H](C(=O)O)[C@@]3(C)CCC12S3)C(C)C. The zero-order valence-corrected chi connectivity index (χ0v) is 20.0. The molecule has 0 radical (unpaired) electrons. The highest BCUT2D eigenvalue weighted by atomic mass is 32.2. The van der Waals surface area contributed by atoms with Crippen LogP contribution >= 0.6 is 11.8 Å². The Morgan fingerprint density at radius 1 is 1.35 bits per heavy atom. The molecule has 3 aliphatic rings. The van der Waals surface area contributed by atoms with Gasteiger partial charge in [0, 0.05) is 17.3 Å². The highest BCUT2D eigenvalue weighted by Crippen LogP contribution is 2.71. The molecule has 0 aromatic heterocycles. The molecule has 1 spiro atoms. The van der Waals surface area contributed by atoms with Crippen LogP contribution < -0.4 is 0 Å². The Morgan fingerprint density at radius 3 is 2.48 bits per heavy atom. The third-order valence-electron chi connectivity index (χ3n) is 7.79. The van der Waals surface area contributed by atoms with Crippen LogP contribution in [0.1, 0.15) is 53.9 Å². The second-order valence-corrected chi connectivity index (χ2v) is 11.7. The number of hydrogen-bond acceptors (Lipinski definition) is 5. The number of nitrogens with zero attached hydrogens (tertiary/aromatic N) is 2. The molecule has 2 bridgehead atoms. The number of likely N-dealkylation sites (tertiary alicyclic amines) is 1. The summed E-state index contributed by atoms with van der Waals surface area (Å²) in [5.41, 5.74) is 0. The van der Waals surface area contributed by atoms with Gasteiger partial charge in [0.15, 0.2) is 0 Å². The minimum atomic E-state index is -0.973. The summed E-state index contributed by atoms with van der Waals surface area (Å²) in [6.45, 7) is 13.6. The molecule has 0 aliphatic carbocycles. The maximum Gasteiger partial charge on any atom is 0.308 e. The van der Waals surface area contributed by atoms with Gasteiger partial charge in [-0.1, -0.05) is 26.3 Å². The van der Waals surface area contributed by atoms with Gasteiger partial charge in [-0.05, 0) is 39.5 Å². The fourth-order valence-corrected chi connectivity index (χ4v) is 8.37. The van der Waals surface area contributed by atoms with Crippen molar-refractivity contribution in [2.24, 2.45) is 17.8 Å². The van der Waals surface area contributed by atoms with Crippen molar-refractivity contribution in [3.8, 4) is 0 Å². The number of aliphatic carboxylic acids is 1. The van der Waals surface area contributed by atoms with E-state index in [9.17, 15) is 24.6 Å². The van der Waals surface area contributed by atoms with Crippen LogP contribution in [0, 0.1) is 17.8 Å². The van der Waals surface area contributed by atoms with Crippen LogP contribution in [0.3, 0.4) is 0 Å². The predicted octanol–water partition coefficient (Wildman–Crippen LogP) is 2.38. The number of aliphatic hydroxyl groups excluding tert-OH is 1. The van der Waals surface area contributed by atoms with Crippen molar-refractivity contribution in [2.45, 2.75) is 81.5 Å². The molecule has 31 heavy (non-hydrogen) atoms. The lowest BCUT2D eigenvalue weighted by Crippen LogP contribution is -2.59. The van der Waals surface area contributed by atoms with E-state index in [2.05, 4.69) is 6.58 Å². The van der Waals surface area contributed by atoms with Gasteiger partial charge in [-0.2, -0.15) is 0 Å². The first-order valence-corrected chi connectivity index (χ1v) is 12.1. The van der Waals surface area contributed by atoms with E-state index in [0.29, 0.717) is 19.4 Å². The summed E-state index contributed by atoms with van der Waals surface area (Å²) in [6, 6.07) is -1.40. The van der Waals surface area contributed by atoms with E-state index in [1.807, 2.05) is 34.6 Å². The lowest BCUT2D eigenvalue weighted by Gasteiger charge is -2.42. The maximum atomic E-state index is 14.0. The largest absolute Gasteiger partial charge is 0.481 e. The van der Waals surface area contributed by atoms with Crippen LogP contribution in [0.2, 0.25) is 0 Å². The second kappa shape index (κ2) is 8.43. The average molecular weight is 453 g/mol. The van der Waals surface area contributed by atoms with Crippen LogP contribution in [0.15, 0.2) is 12.7 Å². The molecule has 3 rings (SSSR count). The molecule has 2 unspecified atom stereocenters. The molecule has 2 N–H and O–H groups in total. The Kier molecular flexibility index (Phi) is 6.55. The van der Waals surface area contributed by atoms with Crippen LogP contribution in [-0.4, -0.2) is 78.6 Å². The topological polar surface area (TPSA) is 98.2 Å². The lowest BCUT2D eigenvalue weighted by atomic mass is 9.66. The fraction of sp³-hybridized carbons (Fsp3) is 0.783. The number of amides is 2. The van der Waals surface area contributed by atoms with Gasteiger partial charge in [0.25, 0.3) is 0 Å². The number of carbonyl (C=O) groups excluding carboxylic acids is 2. The number of fused-ring (bicyclic) bond motifs is 1. The van der Waals surface area contributed by atoms with E-state index >= 15 is 0 Å². The van der Waals surface area contributed by atoms with Gasteiger partial charge >= 0.3 is 5.97 Å². The van der Waals surface area contributed by atoms with E-state index in [1.165, 1.54) is 11.8 Å². The summed E-state index contributed by atoms with van der Waals surface area (Å²) in [4.78, 5) is 43.5. The van der Waals surface area contributed by atoms with Crippen molar-refractivity contribution in [2.75, 3.05) is 13.2 Å². The zero-order chi connectivity index (χ0) is 23.3. The van der Waals surface area contributed by atoms with Crippen LogP contribution in [0.5, 0.6) is 0 Å². The van der Waals surface area contributed by atoms with E-state index in [-0.39, 0.29) is 30.4 Å². The summed E-state index contributed by atoms with van der Waals surface area (Å²) in [7, 11) is 0. The molecule has 7 atom stereocenters. The predicted molar refractivity (Wildman–Crippen MR) is 121 cm³/mol. The Hall–Kier alpha value is -1.54. The molecule has 8 heteroatoms.